The van der Waals surface area contributed by atoms with Crippen LogP contribution in [0.1, 0.15) is 56.6 Å². The van der Waals surface area contributed by atoms with Crippen LogP contribution in [-0.2, 0) is 30.3 Å². The monoisotopic (exact) mass is 520 g/mol. The number of phenols is 1. The Balaban J connectivity index is 1.81. The Labute approximate surface area is 214 Å². The van der Waals surface area contributed by atoms with Crippen LogP contribution >= 0.6 is 0 Å². The molecule has 1 saturated carbocycles. The van der Waals surface area contributed by atoms with Crippen molar-refractivity contribution < 1.29 is 43.4 Å². The lowest BCUT2D eigenvalue weighted by atomic mass is 10.1. The van der Waals surface area contributed by atoms with Crippen LogP contribution in [-0.4, -0.2) is 75.0 Å². The van der Waals surface area contributed by atoms with E-state index in [1.807, 2.05) is 0 Å². The van der Waals surface area contributed by atoms with Crippen molar-refractivity contribution in [1.82, 2.24) is 20.2 Å². The van der Waals surface area contributed by atoms with E-state index >= 15 is 0 Å². The van der Waals surface area contributed by atoms with Crippen molar-refractivity contribution in [1.29, 1.82) is 0 Å². The van der Waals surface area contributed by atoms with Gasteiger partial charge in [0.1, 0.15) is 17.5 Å². The van der Waals surface area contributed by atoms with Crippen LogP contribution in [0.4, 0.5) is 4.79 Å². The minimum Gasteiger partial charge on any atom is -0.508 e. The highest BCUT2D eigenvalue weighted by atomic mass is 16.8. The highest BCUT2D eigenvalue weighted by Crippen LogP contribution is 2.29. The Morgan fingerprint density at radius 3 is 2.49 bits per heavy atom. The van der Waals surface area contributed by atoms with E-state index in [-0.39, 0.29) is 31.1 Å². The molecule has 0 amide bonds. The second-order valence-corrected chi connectivity index (χ2v) is 9.42. The van der Waals surface area contributed by atoms with Gasteiger partial charge in [0, 0.05) is 6.42 Å². The van der Waals surface area contributed by atoms with E-state index in [1.54, 1.807) is 39.8 Å². The van der Waals surface area contributed by atoms with E-state index in [0.717, 1.165) is 22.7 Å². The van der Waals surface area contributed by atoms with E-state index in [1.165, 1.54) is 18.3 Å². The topological polar surface area (TPSA) is 152 Å². The van der Waals surface area contributed by atoms with Gasteiger partial charge < -0.3 is 29.0 Å². The van der Waals surface area contributed by atoms with Gasteiger partial charge in [0.2, 0.25) is 6.73 Å². The molecule has 0 saturated heterocycles. The van der Waals surface area contributed by atoms with Crippen LogP contribution in [0.25, 0.3) is 0 Å². The minimum atomic E-state index is -1.14. The van der Waals surface area contributed by atoms with Crippen molar-refractivity contribution in [3.05, 3.63) is 41.7 Å². The van der Waals surface area contributed by atoms with E-state index < -0.39 is 36.5 Å². The van der Waals surface area contributed by atoms with Gasteiger partial charge in [-0.25, -0.2) is 9.59 Å². The fourth-order valence-corrected chi connectivity index (χ4v) is 3.01. The van der Waals surface area contributed by atoms with Gasteiger partial charge in [0.05, 0.1) is 13.2 Å². The number of carbonyl (C=O) groups excluding carboxylic acids is 3. The lowest BCUT2D eigenvalue weighted by Crippen LogP contribution is -2.48. The number of hydrogen-bond acceptors (Lipinski definition) is 12. The molecule has 2 aromatic rings. The first-order valence-corrected chi connectivity index (χ1v) is 11.9. The number of aromatic nitrogens is 3. The Hall–Kier alpha value is -3.87. The molecule has 0 radical (unpaired) electrons. The van der Waals surface area contributed by atoms with Crippen LogP contribution in [0.5, 0.6) is 5.75 Å². The van der Waals surface area contributed by atoms with Crippen LogP contribution in [0, 0.1) is 5.92 Å². The Kier molecular flexibility index (Phi) is 9.28. The first-order chi connectivity index (χ1) is 17.5. The normalized spacial score (nSPS) is 14.1. The first-order valence-electron chi connectivity index (χ1n) is 11.9. The Morgan fingerprint density at radius 2 is 1.86 bits per heavy atom. The van der Waals surface area contributed by atoms with E-state index in [0.29, 0.717) is 11.5 Å². The van der Waals surface area contributed by atoms with Crippen molar-refractivity contribution in [3.63, 3.8) is 0 Å². The van der Waals surface area contributed by atoms with E-state index in [4.69, 9.17) is 23.9 Å². The first kappa shape index (κ1) is 27.7. The molecule has 1 aliphatic rings. The predicted molar refractivity (Wildman–Crippen MR) is 126 cm³/mol. The molecule has 1 heterocycles. The van der Waals surface area contributed by atoms with E-state index in [2.05, 4.69) is 10.3 Å². The average Bonchev–Trinajstić information content (AvgIpc) is 3.53. The Bertz CT molecular complexity index is 1060. The number of carbonyl (C=O) groups is 3. The molecule has 13 heteroatoms. The van der Waals surface area contributed by atoms with Crippen molar-refractivity contribution in [2.45, 2.75) is 58.6 Å². The maximum Gasteiger partial charge on any atom is 0.528 e. The number of nitrogens with zero attached hydrogens (tertiary/aromatic N) is 4. The average molecular weight is 521 g/mol. The number of ether oxygens (including phenoxy) is 3. The van der Waals surface area contributed by atoms with Gasteiger partial charge in [-0.2, -0.15) is 0 Å². The van der Waals surface area contributed by atoms with Gasteiger partial charge in [-0.05, 0) is 69.4 Å². The summed E-state index contributed by atoms with van der Waals surface area (Å²) in [6.07, 6.45) is 2.14. The second-order valence-electron chi connectivity index (χ2n) is 9.42. The zero-order valence-electron chi connectivity index (χ0n) is 21.3. The zero-order valence-corrected chi connectivity index (χ0v) is 21.3. The summed E-state index contributed by atoms with van der Waals surface area (Å²) in [4.78, 5) is 49.3. The molecule has 0 aliphatic heterocycles. The van der Waals surface area contributed by atoms with Crippen LogP contribution < -0.4 is 4.84 Å². The molecule has 1 aromatic heterocycles. The summed E-state index contributed by atoms with van der Waals surface area (Å²) >= 11 is 0. The quantitative estimate of drug-likeness (QED) is 0.189. The second kappa shape index (κ2) is 12.4. The Morgan fingerprint density at radius 1 is 1.16 bits per heavy atom. The van der Waals surface area contributed by atoms with E-state index in [9.17, 15) is 19.5 Å². The van der Waals surface area contributed by atoms with Crippen molar-refractivity contribution in [2.75, 3.05) is 19.9 Å². The summed E-state index contributed by atoms with van der Waals surface area (Å²) in [5, 5.41) is 18.0. The highest BCUT2D eigenvalue weighted by Gasteiger charge is 2.35. The van der Waals surface area contributed by atoms with Crippen molar-refractivity contribution in [2.24, 2.45) is 5.92 Å². The van der Waals surface area contributed by atoms with Crippen LogP contribution in [0.2, 0.25) is 0 Å². The van der Waals surface area contributed by atoms with Gasteiger partial charge in [0.25, 0.3) is 0 Å². The summed E-state index contributed by atoms with van der Waals surface area (Å²) < 4.78 is 15.6. The van der Waals surface area contributed by atoms with Gasteiger partial charge in [-0.1, -0.05) is 22.0 Å². The SMILES string of the molecule is CCOC(=O)c1cn(OCN(OC(=O)OC(C)(C)C)[C@H](Cc2ccc(O)cc2)C(=O)OCC2CC2)nn1. The molecule has 1 N–H and O–H groups in total. The third-order valence-electron chi connectivity index (χ3n) is 5.00. The molecule has 3 rings (SSSR count). The molecule has 0 spiro atoms. The number of hydrogen-bond donors (Lipinski definition) is 1. The van der Waals surface area contributed by atoms with Gasteiger partial charge >= 0.3 is 18.1 Å². The fraction of sp³-hybridized carbons (Fsp3) is 0.542. The lowest BCUT2D eigenvalue weighted by Gasteiger charge is -2.29. The van der Waals surface area contributed by atoms with Crippen molar-refractivity contribution >= 4 is 18.1 Å². The molecular weight excluding hydrogens is 488 g/mol. The summed E-state index contributed by atoms with van der Waals surface area (Å²) in [6, 6.07) is 5.08. The standard InChI is InChI=1S/C24H32N4O9/c1-5-33-21(30)19-13-28(26-25-19)35-15-27(37-23(32)36-24(2,3)4)20(22(31)34-14-17-6-7-17)12-16-8-10-18(29)11-9-16/h8-11,13,17,20,29H,5-7,12,14-15H2,1-4H3/t20-/m1/s1. The lowest BCUT2D eigenvalue weighted by molar-refractivity contribution is -0.219. The largest absolute Gasteiger partial charge is 0.528 e. The number of esters is 2. The number of hydroxylamine groups is 2. The molecule has 0 unspecified atom stereocenters. The smallest absolute Gasteiger partial charge is 0.508 e. The maximum atomic E-state index is 13.1. The molecule has 1 atom stereocenters. The summed E-state index contributed by atoms with van der Waals surface area (Å²) in [5.41, 5.74) is -0.288. The molecule has 1 aromatic carbocycles. The summed E-state index contributed by atoms with van der Waals surface area (Å²) in [7, 11) is 0. The highest BCUT2D eigenvalue weighted by molar-refractivity contribution is 5.86. The zero-order chi connectivity index (χ0) is 27.0. The molecule has 1 aliphatic carbocycles. The summed E-state index contributed by atoms with van der Waals surface area (Å²) in [5.74, 6) is -0.956. The molecule has 0 bridgehead atoms. The number of benzene rings is 1. The third kappa shape index (κ3) is 9.26. The minimum absolute atomic E-state index is 0.0569. The maximum absolute atomic E-state index is 13.1. The predicted octanol–water partition coefficient (Wildman–Crippen LogP) is 2.28. The number of aromatic hydroxyl groups is 1. The molecule has 1 fully saturated rings. The molecule has 37 heavy (non-hydrogen) atoms. The summed E-state index contributed by atoms with van der Waals surface area (Å²) in [6.45, 7) is 6.56. The molecule has 202 valence electrons. The van der Waals surface area contributed by atoms with Crippen molar-refractivity contribution in [3.8, 4) is 5.75 Å². The number of phenolic OH excluding ortho intramolecular Hbond substituents is 1. The van der Waals surface area contributed by atoms with Gasteiger partial charge in [0.15, 0.2) is 11.7 Å². The van der Waals surface area contributed by atoms with Crippen LogP contribution in [0.3, 0.4) is 0 Å². The van der Waals surface area contributed by atoms with Gasteiger partial charge in [-0.3, -0.25) is 4.79 Å². The number of rotatable bonds is 12. The molecular formula is C24H32N4O9. The molecule has 13 nitrogen and oxygen atoms in total. The van der Waals surface area contributed by atoms with Gasteiger partial charge in [-0.15, -0.1) is 5.10 Å². The fourth-order valence-electron chi connectivity index (χ4n) is 3.01. The third-order valence-corrected chi connectivity index (χ3v) is 5.00. The van der Waals surface area contributed by atoms with Crippen LogP contribution in [0.15, 0.2) is 30.5 Å².